The quantitative estimate of drug-likeness (QED) is 0.658. The Morgan fingerprint density at radius 1 is 0.810 bits per heavy atom. The van der Waals surface area contributed by atoms with Crippen molar-refractivity contribution in [1.82, 2.24) is 0 Å². The van der Waals surface area contributed by atoms with Gasteiger partial charge in [-0.2, -0.15) is 8.42 Å². The van der Waals surface area contributed by atoms with Crippen LogP contribution in [0.25, 0.3) is 0 Å². The molecular formula is C14H8O6S. The van der Waals surface area contributed by atoms with Crippen molar-refractivity contribution in [3.05, 3.63) is 58.7 Å². The lowest BCUT2D eigenvalue weighted by Crippen LogP contribution is -2.21. The number of hydrogen-bond acceptors (Lipinski definition) is 5. The number of ketones is 2. The van der Waals surface area contributed by atoms with E-state index in [1.54, 1.807) is 12.1 Å². The molecule has 2 aromatic carbocycles. The van der Waals surface area contributed by atoms with Crippen LogP contribution in [0.15, 0.2) is 41.3 Å². The molecule has 0 unspecified atom stereocenters. The van der Waals surface area contributed by atoms with Crippen LogP contribution in [0.1, 0.15) is 31.8 Å². The van der Waals surface area contributed by atoms with Gasteiger partial charge in [0, 0.05) is 22.3 Å². The lowest BCUT2D eigenvalue weighted by atomic mass is 9.84. The van der Waals surface area contributed by atoms with Crippen LogP contribution < -0.4 is 0 Å². The summed E-state index contributed by atoms with van der Waals surface area (Å²) in [6, 6.07) is 7.82. The highest BCUT2D eigenvalue weighted by Crippen LogP contribution is 2.33. The first-order valence-electron chi connectivity index (χ1n) is 5.83. The topological polar surface area (TPSA) is 109 Å². The highest BCUT2D eigenvalue weighted by Gasteiger charge is 2.32. The van der Waals surface area contributed by atoms with Gasteiger partial charge in [0.15, 0.2) is 11.6 Å². The molecule has 0 saturated heterocycles. The summed E-state index contributed by atoms with van der Waals surface area (Å²) < 4.78 is 31.4. The maximum atomic E-state index is 12.3. The Balaban J connectivity index is 2.34. The molecule has 2 N–H and O–H groups in total. The number of hydrogen-bond donors (Lipinski definition) is 2. The SMILES string of the molecule is O=C1c2ccccc2C(=O)c2cc(S(=O)(=O)O)c(O)cc21. The van der Waals surface area contributed by atoms with Crippen LogP contribution in [0.5, 0.6) is 5.75 Å². The third kappa shape index (κ3) is 1.94. The van der Waals surface area contributed by atoms with Crippen LogP contribution >= 0.6 is 0 Å². The molecule has 1 aliphatic rings. The molecule has 0 saturated carbocycles. The highest BCUT2D eigenvalue weighted by atomic mass is 32.2. The second-order valence-corrected chi connectivity index (χ2v) is 5.93. The summed E-state index contributed by atoms with van der Waals surface area (Å²) in [6.07, 6.45) is 0. The fraction of sp³-hybridized carbons (Fsp3) is 0. The first-order chi connectivity index (χ1) is 9.80. The predicted octanol–water partition coefficient (Wildman–Crippen LogP) is 1.41. The maximum absolute atomic E-state index is 12.3. The molecule has 0 aromatic heterocycles. The summed E-state index contributed by atoms with van der Waals surface area (Å²) in [5.74, 6) is -1.81. The Labute approximate surface area is 119 Å². The Kier molecular flexibility index (Phi) is 2.72. The van der Waals surface area contributed by atoms with E-state index in [1.165, 1.54) is 12.1 Å². The molecule has 0 aliphatic heterocycles. The van der Waals surface area contributed by atoms with Gasteiger partial charge < -0.3 is 5.11 Å². The molecule has 21 heavy (non-hydrogen) atoms. The van der Waals surface area contributed by atoms with Crippen molar-refractivity contribution >= 4 is 21.7 Å². The Bertz CT molecular complexity index is 911. The Hall–Kier alpha value is -2.51. The molecule has 0 bridgehead atoms. The van der Waals surface area contributed by atoms with Crippen molar-refractivity contribution in [3.8, 4) is 5.75 Å². The van der Waals surface area contributed by atoms with Gasteiger partial charge in [-0.15, -0.1) is 0 Å². The summed E-state index contributed by atoms with van der Waals surface area (Å²) in [6.45, 7) is 0. The molecule has 6 nitrogen and oxygen atoms in total. The predicted molar refractivity (Wildman–Crippen MR) is 71.2 cm³/mol. The molecule has 106 valence electrons. The van der Waals surface area contributed by atoms with Crippen molar-refractivity contribution in [2.75, 3.05) is 0 Å². The summed E-state index contributed by atoms with van der Waals surface area (Å²) >= 11 is 0. The maximum Gasteiger partial charge on any atom is 0.298 e. The van der Waals surface area contributed by atoms with E-state index in [0.717, 1.165) is 12.1 Å². The lowest BCUT2D eigenvalue weighted by molar-refractivity contribution is 0.0978. The summed E-state index contributed by atoms with van der Waals surface area (Å²) in [7, 11) is -4.70. The van der Waals surface area contributed by atoms with Crippen molar-refractivity contribution in [1.29, 1.82) is 0 Å². The van der Waals surface area contributed by atoms with Gasteiger partial charge in [0.1, 0.15) is 10.6 Å². The van der Waals surface area contributed by atoms with Gasteiger partial charge in [-0.1, -0.05) is 24.3 Å². The van der Waals surface area contributed by atoms with E-state index in [-0.39, 0.29) is 22.3 Å². The molecule has 0 radical (unpaired) electrons. The zero-order chi connectivity index (χ0) is 15.4. The van der Waals surface area contributed by atoms with Crippen LogP contribution in [0, 0.1) is 0 Å². The van der Waals surface area contributed by atoms with Gasteiger partial charge in [0.25, 0.3) is 10.1 Å². The number of aromatic hydroxyl groups is 1. The number of carbonyl (C=O) groups is 2. The first-order valence-corrected chi connectivity index (χ1v) is 7.27. The Morgan fingerprint density at radius 3 is 1.76 bits per heavy atom. The molecule has 1 aliphatic carbocycles. The number of fused-ring (bicyclic) bond motifs is 2. The zero-order valence-electron chi connectivity index (χ0n) is 10.4. The average Bonchev–Trinajstić information content (AvgIpc) is 2.43. The zero-order valence-corrected chi connectivity index (χ0v) is 11.2. The third-order valence-corrected chi connectivity index (χ3v) is 4.17. The fourth-order valence-electron chi connectivity index (χ4n) is 2.32. The van der Waals surface area contributed by atoms with E-state index < -0.39 is 32.3 Å². The monoisotopic (exact) mass is 304 g/mol. The molecule has 7 heteroatoms. The van der Waals surface area contributed by atoms with Gasteiger partial charge in [-0.25, -0.2) is 0 Å². The van der Waals surface area contributed by atoms with Crippen molar-refractivity contribution in [3.63, 3.8) is 0 Å². The van der Waals surface area contributed by atoms with E-state index in [4.69, 9.17) is 4.55 Å². The molecule has 2 aromatic rings. The van der Waals surface area contributed by atoms with Gasteiger partial charge in [-0.3, -0.25) is 14.1 Å². The second-order valence-electron chi connectivity index (χ2n) is 4.54. The fourth-order valence-corrected chi connectivity index (χ4v) is 2.91. The highest BCUT2D eigenvalue weighted by molar-refractivity contribution is 7.86. The summed E-state index contributed by atoms with van der Waals surface area (Å²) in [5, 5.41) is 9.65. The second kappa shape index (κ2) is 4.24. The standard InChI is InChI=1S/C14H8O6S/c15-11-5-9-10(6-12(11)21(18,19)20)14(17)8-4-2-1-3-7(8)13(9)16/h1-6,15H,(H,18,19,20). The number of benzene rings is 2. The van der Waals surface area contributed by atoms with E-state index >= 15 is 0 Å². The van der Waals surface area contributed by atoms with Crippen molar-refractivity contribution < 1.29 is 27.7 Å². The Morgan fingerprint density at radius 2 is 1.29 bits per heavy atom. The van der Waals surface area contributed by atoms with Gasteiger partial charge in [0.05, 0.1) is 0 Å². The number of rotatable bonds is 1. The summed E-state index contributed by atoms with van der Waals surface area (Å²) in [4.78, 5) is 23.8. The van der Waals surface area contributed by atoms with Crippen molar-refractivity contribution in [2.45, 2.75) is 4.90 Å². The van der Waals surface area contributed by atoms with E-state index in [0.29, 0.717) is 0 Å². The molecular weight excluding hydrogens is 296 g/mol. The van der Waals surface area contributed by atoms with Crippen LogP contribution in [0.4, 0.5) is 0 Å². The van der Waals surface area contributed by atoms with Crippen LogP contribution in [-0.4, -0.2) is 29.6 Å². The lowest BCUT2D eigenvalue weighted by Gasteiger charge is -2.18. The largest absolute Gasteiger partial charge is 0.506 e. The van der Waals surface area contributed by atoms with Gasteiger partial charge in [-0.05, 0) is 12.1 Å². The van der Waals surface area contributed by atoms with Crippen LogP contribution in [0.3, 0.4) is 0 Å². The molecule has 3 rings (SSSR count). The van der Waals surface area contributed by atoms with E-state index in [1.807, 2.05) is 0 Å². The number of phenolic OH excluding ortho intramolecular Hbond substituents is 1. The third-order valence-electron chi connectivity index (χ3n) is 3.28. The molecule has 0 amide bonds. The van der Waals surface area contributed by atoms with E-state index in [2.05, 4.69) is 0 Å². The van der Waals surface area contributed by atoms with E-state index in [9.17, 15) is 23.1 Å². The first kappa shape index (κ1) is 13.5. The van der Waals surface area contributed by atoms with Crippen LogP contribution in [-0.2, 0) is 10.1 Å². The minimum absolute atomic E-state index is 0.0939. The normalized spacial score (nSPS) is 13.8. The molecule has 0 heterocycles. The van der Waals surface area contributed by atoms with Crippen molar-refractivity contribution in [2.24, 2.45) is 0 Å². The van der Waals surface area contributed by atoms with Gasteiger partial charge in [0.2, 0.25) is 0 Å². The minimum Gasteiger partial charge on any atom is -0.506 e. The van der Waals surface area contributed by atoms with Gasteiger partial charge >= 0.3 is 0 Å². The smallest absolute Gasteiger partial charge is 0.298 e. The summed E-state index contributed by atoms with van der Waals surface area (Å²) in [5.41, 5.74) is 0.0868. The molecule has 0 fully saturated rings. The number of carbonyl (C=O) groups excluding carboxylic acids is 2. The molecule has 0 atom stereocenters. The number of phenols is 1. The minimum atomic E-state index is -4.70. The molecule has 0 spiro atoms. The van der Waals surface area contributed by atoms with Crippen LogP contribution in [0.2, 0.25) is 0 Å². The average molecular weight is 304 g/mol.